The Bertz CT molecular complexity index is 561. The van der Waals surface area contributed by atoms with E-state index in [0.29, 0.717) is 23.8 Å². The molecule has 1 aromatic heterocycles. The Kier molecular flexibility index (Phi) is 5.00. The number of aliphatic hydroxyl groups is 1. The minimum absolute atomic E-state index is 0.452. The first kappa shape index (κ1) is 15.1. The number of hydrogen-bond acceptors (Lipinski definition) is 5. The van der Waals surface area contributed by atoms with E-state index in [2.05, 4.69) is 4.98 Å². The maximum atomic E-state index is 10.4. The van der Waals surface area contributed by atoms with Crippen LogP contribution >= 0.6 is 0 Å². The van der Waals surface area contributed by atoms with Gasteiger partial charge in [-0.25, -0.2) is 4.98 Å². The standard InChI is InChI=1S/C16H19NO4/c1-19-13-7-12(8-14(9-13)20-2)15(18)6-11-4-5-16(21-3)17-10-11/h4-5,7-10,15,18H,6H2,1-3H3. The molecule has 0 aliphatic heterocycles. The van der Waals surface area contributed by atoms with Gasteiger partial charge in [-0.3, -0.25) is 0 Å². The fourth-order valence-corrected chi connectivity index (χ4v) is 2.02. The highest BCUT2D eigenvalue weighted by molar-refractivity contribution is 5.39. The number of rotatable bonds is 6. The van der Waals surface area contributed by atoms with E-state index in [1.165, 1.54) is 0 Å². The molecule has 2 aromatic rings. The summed E-state index contributed by atoms with van der Waals surface area (Å²) < 4.78 is 15.4. The average molecular weight is 289 g/mol. The third-order valence-corrected chi connectivity index (χ3v) is 3.19. The second-order valence-electron chi connectivity index (χ2n) is 4.57. The summed E-state index contributed by atoms with van der Waals surface area (Å²) in [5, 5.41) is 10.4. The Morgan fingerprint density at radius 1 is 1.00 bits per heavy atom. The van der Waals surface area contributed by atoms with Crippen molar-refractivity contribution in [3.05, 3.63) is 47.7 Å². The third kappa shape index (κ3) is 3.86. The van der Waals surface area contributed by atoms with E-state index in [1.807, 2.05) is 6.07 Å². The number of methoxy groups -OCH3 is 3. The number of nitrogens with zero attached hydrogens (tertiary/aromatic N) is 1. The molecule has 0 aliphatic carbocycles. The highest BCUT2D eigenvalue weighted by Gasteiger charge is 2.12. The zero-order chi connectivity index (χ0) is 15.2. The molecule has 21 heavy (non-hydrogen) atoms. The van der Waals surface area contributed by atoms with Crippen LogP contribution < -0.4 is 14.2 Å². The molecule has 1 aromatic carbocycles. The van der Waals surface area contributed by atoms with Crippen molar-refractivity contribution in [1.82, 2.24) is 4.98 Å². The Morgan fingerprint density at radius 3 is 2.14 bits per heavy atom. The van der Waals surface area contributed by atoms with Gasteiger partial charge in [-0.05, 0) is 23.3 Å². The van der Waals surface area contributed by atoms with Gasteiger partial charge in [0.15, 0.2) is 0 Å². The number of aromatic nitrogens is 1. The van der Waals surface area contributed by atoms with E-state index in [1.54, 1.807) is 51.8 Å². The molecule has 5 heteroatoms. The summed E-state index contributed by atoms with van der Waals surface area (Å²) in [4.78, 5) is 4.13. The van der Waals surface area contributed by atoms with Crippen molar-refractivity contribution in [1.29, 1.82) is 0 Å². The van der Waals surface area contributed by atoms with Crippen LogP contribution in [0.1, 0.15) is 17.2 Å². The van der Waals surface area contributed by atoms with Crippen molar-refractivity contribution >= 4 is 0 Å². The van der Waals surface area contributed by atoms with E-state index >= 15 is 0 Å². The van der Waals surface area contributed by atoms with Gasteiger partial charge < -0.3 is 19.3 Å². The van der Waals surface area contributed by atoms with Crippen LogP contribution in [0.15, 0.2) is 36.5 Å². The SMILES string of the molecule is COc1cc(OC)cc(C(O)Cc2ccc(OC)nc2)c1. The average Bonchev–Trinajstić information content (AvgIpc) is 2.54. The second-order valence-corrected chi connectivity index (χ2v) is 4.57. The fourth-order valence-electron chi connectivity index (χ4n) is 2.02. The molecule has 1 N–H and O–H groups in total. The van der Waals surface area contributed by atoms with Gasteiger partial charge in [-0.2, -0.15) is 0 Å². The molecule has 0 bridgehead atoms. The van der Waals surface area contributed by atoms with Gasteiger partial charge in [0, 0.05) is 24.8 Å². The molecule has 2 rings (SSSR count). The van der Waals surface area contributed by atoms with Gasteiger partial charge in [-0.15, -0.1) is 0 Å². The van der Waals surface area contributed by atoms with Crippen LogP contribution in [-0.2, 0) is 6.42 Å². The molecule has 0 radical (unpaired) electrons. The number of hydrogen-bond donors (Lipinski definition) is 1. The number of ether oxygens (including phenoxy) is 3. The maximum absolute atomic E-state index is 10.4. The van der Waals surface area contributed by atoms with Crippen LogP contribution in [0.3, 0.4) is 0 Å². The normalized spacial score (nSPS) is 11.8. The van der Waals surface area contributed by atoms with Crippen LogP contribution in [0.4, 0.5) is 0 Å². The summed E-state index contributed by atoms with van der Waals surface area (Å²) in [5.41, 5.74) is 1.66. The molecule has 5 nitrogen and oxygen atoms in total. The largest absolute Gasteiger partial charge is 0.497 e. The number of benzene rings is 1. The van der Waals surface area contributed by atoms with Gasteiger partial charge >= 0.3 is 0 Å². The highest BCUT2D eigenvalue weighted by Crippen LogP contribution is 2.28. The lowest BCUT2D eigenvalue weighted by Gasteiger charge is -2.14. The van der Waals surface area contributed by atoms with E-state index in [4.69, 9.17) is 14.2 Å². The molecular formula is C16H19NO4. The van der Waals surface area contributed by atoms with Gasteiger partial charge in [0.1, 0.15) is 11.5 Å². The topological polar surface area (TPSA) is 60.8 Å². The van der Waals surface area contributed by atoms with E-state index in [-0.39, 0.29) is 0 Å². The Morgan fingerprint density at radius 2 is 1.67 bits per heavy atom. The molecule has 1 atom stereocenters. The van der Waals surface area contributed by atoms with Gasteiger partial charge in [0.2, 0.25) is 5.88 Å². The predicted molar refractivity (Wildman–Crippen MR) is 79.0 cm³/mol. The monoisotopic (exact) mass is 289 g/mol. The first-order valence-corrected chi connectivity index (χ1v) is 6.56. The summed E-state index contributed by atoms with van der Waals surface area (Å²) in [6.45, 7) is 0. The molecule has 112 valence electrons. The number of pyridine rings is 1. The Balaban J connectivity index is 2.16. The summed E-state index contributed by atoms with van der Waals surface area (Å²) in [6.07, 6.45) is 1.48. The smallest absolute Gasteiger partial charge is 0.212 e. The van der Waals surface area contributed by atoms with Crippen molar-refractivity contribution in [2.45, 2.75) is 12.5 Å². The molecule has 1 unspecified atom stereocenters. The molecule has 0 aliphatic rings. The molecule has 0 amide bonds. The quantitative estimate of drug-likeness (QED) is 0.884. The first-order valence-electron chi connectivity index (χ1n) is 6.56. The molecule has 0 fully saturated rings. The van der Waals surface area contributed by atoms with Crippen molar-refractivity contribution in [2.75, 3.05) is 21.3 Å². The number of aliphatic hydroxyl groups excluding tert-OH is 1. The zero-order valence-electron chi connectivity index (χ0n) is 12.4. The Labute approximate surface area is 124 Å². The Hall–Kier alpha value is -2.27. The van der Waals surface area contributed by atoms with Crippen LogP contribution in [0.2, 0.25) is 0 Å². The maximum Gasteiger partial charge on any atom is 0.212 e. The summed E-state index contributed by atoms with van der Waals surface area (Å²) in [6, 6.07) is 9.01. The fraction of sp³-hybridized carbons (Fsp3) is 0.312. The summed E-state index contributed by atoms with van der Waals surface area (Å²) in [5.74, 6) is 1.85. The van der Waals surface area contributed by atoms with Crippen molar-refractivity contribution < 1.29 is 19.3 Å². The minimum atomic E-state index is -0.663. The van der Waals surface area contributed by atoms with E-state index in [0.717, 1.165) is 11.1 Å². The van der Waals surface area contributed by atoms with Gasteiger partial charge in [0.05, 0.1) is 27.4 Å². The molecule has 0 saturated heterocycles. The first-order chi connectivity index (χ1) is 10.2. The molecular weight excluding hydrogens is 270 g/mol. The van der Waals surface area contributed by atoms with Crippen molar-refractivity contribution in [3.63, 3.8) is 0 Å². The lowest BCUT2D eigenvalue weighted by molar-refractivity contribution is 0.177. The van der Waals surface area contributed by atoms with E-state index < -0.39 is 6.10 Å². The van der Waals surface area contributed by atoms with Crippen LogP contribution in [-0.4, -0.2) is 31.4 Å². The molecule has 1 heterocycles. The molecule has 0 spiro atoms. The summed E-state index contributed by atoms with van der Waals surface area (Å²) in [7, 11) is 4.73. The van der Waals surface area contributed by atoms with Crippen LogP contribution in [0.5, 0.6) is 17.4 Å². The van der Waals surface area contributed by atoms with Gasteiger partial charge in [-0.1, -0.05) is 6.07 Å². The minimum Gasteiger partial charge on any atom is -0.497 e. The zero-order valence-corrected chi connectivity index (χ0v) is 12.4. The third-order valence-electron chi connectivity index (χ3n) is 3.19. The lowest BCUT2D eigenvalue weighted by Crippen LogP contribution is -2.03. The lowest BCUT2D eigenvalue weighted by atomic mass is 10.0. The predicted octanol–water partition coefficient (Wildman–Crippen LogP) is 2.38. The second kappa shape index (κ2) is 6.95. The highest BCUT2D eigenvalue weighted by atomic mass is 16.5. The van der Waals surface area contributed by atoms with Crippen molar-refractivity contribution in [3.8, 4) is 17.4 Å². The van der Waals surface area contributed by atoms with Crippen molar-refractivity contribution in [2.24, 2.45) is 0 Å². The molecule has 0 saturated carbocycles. The van der Waals surface area contributed by atoms with Crippen LogP contribution in [0, 0.1) is 0 Å². The van der Waals surface area contributed by atoms with Gasteiger partial charge in [0.25, 0.3) is 0 Å². The van der Waals surface area contributed by atoms with Crippen LogP contribution in [0.25, 0.3) is 0 Å². The van der Waals surface area contributed by atoms with E-state index in [9.17, 15) is 5.11 Å². The summed E-state index contributed by atoms with van der Waals surface area (Å²) >= 11 is 0.